The molecule has 0 amide bonds. The van der Waals surface area contributed by atoms with Crippen molar-refractivity contribution in [1.82, 2.24) is 0 Å². The molecule has 1 saturated carbocycles. The first-order chi connectivity index (χ1) is 8.24. The summed E-state index contributed by atoms with van der Waals surface area (Å²) in [6.45, 7) is 0.115. The Balaban J connectivity index is 2.12. The van der Waals surface area contributed by atoms with Crippen LogP contribution in [0, 0.1) is 5.82 Å². The van der Waals surface area contributed by atoms with Gasteiger partial charge < -0.3 is 10.4 Å². The zero-order chi connectivity index (χ0) is 12.1. The highest BCUT2D eigenvalue weighted by molar-refractivity contribution is 5.45. The number of anilines is 1. The van der Waals surface area contributed by atoms with E-state index in [0.29, 0.717) is 0 Å². The van der Waals surface area contributed by atoms with Gasteiger partial charge in [0.1, 0.15) is 5.82 Å². The van der Waals surface area contributed by atoms with Gasteiger partial charge in [0.25, 0.3) is 0 Å². The Bertz CT molecular complexity index is 359. The Morgan fingerprint density at radius 1 is 1.18 bits per heavy atom. The third-order valence-corrected chi connectivity index (χ3v) is 3.60. The normalized spacial score (nSPS) is 19.6. The van der Waals surface area contributed by atoms with E-state index in [1.807, 2.05) is 6.07 Å². The number of aliphatic hydroxyl groups is 1. The largest absolute Gasteiger partial charge is 0.394 e. The molecule has 2 nitrogen and oxygen atoms in total. The Morgan fingerprint density at radius 2 is 1.88 bits per heavy atom. The molecule has 0 heterocycles. The Morgan fingerprint density at radius 3 is 2.47 bits per heavy atom. The van der Waals surface area contributed by atoms with Gasteiger partial charge >= 0.3 is 0 Å². The molecule has 0 saturated heterocycles. The fraction of sp³-hybridized carbons (Fsp3) is 0.571. The van der Waals surface area contributed by atoms with E-state index in [2.05, 4.69) is 5.32 Å². The second-order valence-corrected chi connectivity index (χ2v) is 4.99. The van der Waals surface area contributed by atoms with E-state index < -0.39 is 0 Å². The lowest BCUT2D eigenvalue weighted by Crippen LogP contribution is -2.41. The van der Waals surface area contributed by atoms with Crippen molar-refractivity contribution >= 4 is 5.69 Å². The minimum Gasteiger partial charge on any atom is -0.394 e. The van der Waals surface area contributed by atoms with E-state index in [-0.39, 0.29) is 18.0 Å². The summed E-state index contributed by atoms with van der Waals surface area (Å²) in [7, 11) is 0. The molecule has 1 aliphatic carbocycles. The topological polar surface area (TPSA) is 32.3 Å². The highest BCUT2D eigenvalue weighted by atomic mass is 19.1. The van der Waals surface area contributed by atoms with Crippen LogP contribution < -0.4 is 5.32 Å². The zero-order valence-electron chi connectivity index (χ0n) is 10.1. The predicted molar refractivity (Wildman–Crippen MR) is 67.5 cm³/mol. The minimum atomic E-state index is -0.260. The van der Waals surface area contributed by atoms with Crippen LogP contribution in [-0.4, -0.2) is 17.3 Å². The highest BCUT2D eigenvalue weighted by Crippen LogP contribution is 2.30. The number of benzene rings is 1. The first-order valence-corrected chi connectivity index (χ1v) is 6.39. The SMILES string of the molecule is OCC1(Nc2cccc(F)c2)CCCCCC1. The van der Waals surface area contributed by atoms with Crippen LogP contribution in [0.15, 0.2) is 24.3 Å². The fourth-order valence-corrected chi connectivity index (χ4v) is 2.60. The molecule has 0 atom stereocenters. The average molecular weight is 237 g/mol. The van der Waals surface area contributed by atoms with Gasteiger partial charge in [-0.3, -0.25) is 0 Å². The maximum absolute atomic E-state index is 13.1. The van der Waals surface area contributed by atoms with Crippen molar-refractivity contribution in [2.75, 3.05) is 11.9 Å². The summed E-state index contributed by atoms with van der Waals surface area (Å²) >= 11 is 0. The molecule has 0 spiro atoms. The van der Waals surface area contributed by atoms with Crippen molar-refractivity contribution in [2.45, 2.75) is 44.1 Å². The molecule has 94 valence electrons. The van der Waals surface area contributed by atoms with Gasteiger partial charge in [0, 0.05) is 5.69 Å². The molecule has 0 bridgehead atoms. The smallest absolute Gasteiger partial charge is 0.125 e. The van der Waals surface area contributed by atoms with E-state index in [4.69, 9.17) is 0 Å². The zero-order valence-corrected chi connectivity index (χ0v) is 10.1. The van der Waals surface area contributed by atoms with Crippen LogP contribution in [0.5, 0.6) is 0 Å². The second-order valence-electron chi connectivity index (χ2n) is 4.99. The Labute approximate surface area is 102 Å². The van der Waals surface area contributed by atoms with Gasteiger partial charge in [0.2, 0.25) is 0 Å². The van der Waals surface area contributed by atoms with Crippen LogP contribution in [0.1, 0.15) is 38.5 Å². The summed E-state index contributed by atoms with van der Waals surface area (Å²) < 4.78 is 13.1. The molecule has 0 unspecified atom stereocenters. The van der Waals surface area contributed by atoms with Gasteiger partial charge in [-0.15, -0.1) is 0 Å². The number of hydrogen-bond acceptors (Lipinski definition) is 2. The lowest BCUT2D eigenvalue weighted by molar-refractivity contribution is 0.195. The third kappa shape index (κ3) is 3.19. The van der Waals surface area contributed by atoms with E-state index in [1.165, 1.54) is 25.0 Å². The van der Waals surface area contributed by atoms with Crippen molar-refractivity contribution in [1.29, 1.82) is 0 Å². The monoisotopic (exact) mass is 237 g/mol. The lowest BCUT2D eigenvalue weighted by Gasteiger charge is -2.33. The van der Waals surface area contributed by atoms with Crippen LogP contribution >= 0.6 is 0 Å². The summed E-state index contributed by atoms with van der Waals surface area (Å²) in [5.41, 5.74) is 0.505. The van der Waals surface area contributed by atoms with Crippen LogP contribution in [-0.2, 0) is 0 Å². The molecule has 1 aromatic rings. The van der Waals surface area contributed by atoms with Gasteiger partial charge in [0.15, 0.2) is 0 Å². The van der Waals surface area contributed by atoms with Crippen molar-refractivity contribution in [3.8, 4) is 0 Å². The standard InChI is InChI=1S/C14H20FNO/c15-12-6-5-7-13(10-12)16-14(11-17)8-3-1-2-4-9-14/h5-7,10,16-17H,1-4,8-9,11H2. The number of aliphatic hydroxyl groups excluding tert-OH is 1. The summed E-state index contributed by atoms with van der Waals surface area (Å²) in [4.78, 5) is 0. The first kappa shape index (κ1) is 12.4. The summed E-state index contributed by atoms with van der Waals surface area (Å²) in [6.07, 6.45) is 6.63. The van der Waals surface area contributed by atoms with E-state index in [9.17, 15) is 9.50 Å². The van der Waals surface area contributed by atoms with Gasteiger partial charge in [0.05, 0.1) is 12.1 Å². The van der Waals surface area contributed by atoms with Crippen molar-refractivity contribution < 1.29 is 9.50 Å². The van der Waals surface area contributed by atoms with E-state index in [1.54, 1.807) is 6.07 Å². The van der Waals surface area contributed by atoms with Crippen molar-refractivity contribution in [3.05, 3.63) is 30.1 Å². The van der Waals surface area contributed by atoms with Crippen molar-refractivity contribution in [2.24, 2.45) is 0 Å². The lowest BCUT2D eigenvalue weighted by atomic mass is 9.90. The summed E-state index contributed by atoms with van der Waals surface area (Å²) in [5, 5.41) is 13.0. The van der Waals surface area contributed by atoms with E-state index >= 15 is 0 Å². The number of rotatable bonds is 3. The van der Waals surface area contributed by atoms with Crippen LogP contribution in [0.4, 0.5) is 10.1 Å². The Hall–Kier alpha value is -1.09. The van der Waals surface area contributed by atoms with E-state index in [0.717, 1.165) is 31.4 Å². The average Bonchev–Trinajstić information content (AvgIpc) is 2.55. The minimum absolute atomic E-state index is 0.115. The molecule has 0 aliphatic heterocycles. The molecular formula is C14H20FNO. The molecule has 2 N–H and O–H groups in total. The third-order valence-electron chi connectivity index (χ3n) is 3.60. The molecule has 0 aromatic heterocycles. The fourth-order valence-electron chi connectivity index (χ4n) is 2.60. The maximum Gasteiger partial charge on any atom is 0.125 e. The van der Waals surface area contributed by atoms with Crippen LogP contribution in [0.3, 0.4) is 0 Å². The van der Waals surface area contributed by atoms with Gasteiger partial charge in [-0.05, 0) is 31.0 Å². The number of hydrogen-bond donors (Lipinski definition) is 2. The maximum atomic E-state index is 13.1. The predicted octanol–water partition coefficient (Wildman–Crippen LogP) is 3.32. The van der Waals surface area contributed by atoms with Crippen molar-refractivity contribution in [3.63, 3.8) is 0 Å². The van der Waals surface area contributed by atoms with Gasteiger partial charge in [-0.1, -0.05) is 31.7 Å². The number of halogens is 1. The molecule has 0 radical (unpaired) electrons. The number of nitrogens with one attached hydrogen (secondary N) is 1. The second kappa shape index (κ2) is 5.50. The molecule has 3 heteroatoms. The molecule has 2 rings (SSSR count). The summed E-state index contributed by atoms with van der Waals surface area (Å²) in [6, 6.07) is 6.47. The van der Waals surface area contributed by atoms with Gasteiger partial charge in [-0.25, -0.2) is 4.39 Å². The van der Waals surface area contributed by atoms with Gasteiger partial charge in [-0.2, -0.15) is 0 Å². The summed E-state index contributed by atoms with van der Waals surface area (Å²) in [5.74, 6) is -0.239. The van der Waals surface area contributed by atoms with Crippen LogP contribution in [0.25, 0.3) is 0 Å². The molecule has 17 heavy (non-hydrogen) atoms. The Kier molecular flexibility index (Phi) is 4.00. The highest BCUT2D eigenvalue weighted by Gasteiger charge is 2.29. The molecular weight excluding hydrogens is 217 g/mol. The molecule has 1 fully saturated rings. The molecule has 1 aromatic carbocycles. The first-order valence-electron chi connectivity index (χ1n) is 6.39. The quantitative estimate of drug-likeness (QED) is 0.790. The van der Waals surface area contributed by atoms with Crippen LogP contribution in [0.2, 0.25) is 0 Å². The molecule has 1 aliphatic rings.